The van der Waals surface area contributed by atoms with E-state index < -0.39 is 0 Å². The third-order valence-electron chi connectivity index (χ3n) is 4.00. The van der Waals surface area contributed by atoms with E-state index in [1.54, 1.807) is 0 Å². The molecule has 0 radical (unpaired) electrons. The van der Waals surface area contributed by atoms with Gasteiger partial charge in [-0.25, -0.2) is 0 Å². The minimum absolute atomic E-state index is 0.591. The molecule has 0 spiro atoms. The Balaban J connectivity index is 2.15. The first kappa shape index (κ1) is 13.4. The lowest BCUT2D eigenvalue weighted by molar-refractivity contribution is 0.253. The van der Waals surface area contributed by atoms with Crippen LogP contribution in [-0.2, 0) is 0 Å². The van der Waals surface area contributed by atoms with Gasteiger partial charge in [-0.05, 0) is 62.2 Å². The molecule has 1 N–H and O–H groups in total. The summed E-state index contributed by atoms with van der Waals surface area (Å²) in [7, 11) is 0. The molecule has 0 aliphatic heterocycles. The van der Waals surface area contributed by atoms with Gasteiger partial charge in [0.2, 0.25) is 0 Å². The topological polar surface area (TPSA) is 12.0 Å². The van der Waals surface area contributed by atoms with E-state index in [4.69, 9.17) is 0 Å². The molecule has 0 aromatic heterocycles. The number of benzene rings is 1. The highest BCUT2D eigenvalue weighted by atomic mass is 79.9. The number of anilines is 1. The van der Waals surface area contributed by atoms with Crippen LogP contribution in [0.3, 0.4) is 0 Å². The van der Waals surface area contributed by atoms with Gasteiger partial charge in [-0.15, -0.1) is 0 Å². The molecule has 2 rings (SSSR count). The zero-order valence-electron chi connectivity index (χ0n) is 10.3. The van der Waals surface area contributed by atoms with Crippen LogP contribution in [-0.4, -0.2) is 6.04 Å². The Labute approximate surface area is 121 Å². The Hall–Kier alpha value is -0.0200. The van der Waals surface area contributed by atoms with Crippen LogP contribution in [0.25, 0.3) is 0 Å². The Morgan fingerprint density at radius 3 is 2.41 bits per heavy atom. The van der Waals surface area contributed by atoms with Gasteiger partial charge < -0.3 is 5.32 Å². The molecule has 1 aromatic rings. The molecule has 0 saturated heterocycles. The molecular weight excluding hydrogens is 342 g/mol. The Morgan fingerprint density at radius 1 is 1.12 bits per heavy atom. The molecule has 1 aliphatic rings. The van der Waals surface area contributed by atoms with Crippen LogP contribution in [0.2, 0.25) is 0 Å². The average molecular weight is 361 g/mol. The van der Waals surface area contributed by atoms with Crippen molar-refractivity contribution < 1.29 is 0 Å². The molecule has 3 heteroatoms. The molecule has 3 unspecified atom stereocenters. The van der Waals surface area contributed by atoms with Crippen molar-refractivity contribution in [1.29, 1.82) is 0 Å². The molecule has 1 nitrogen and oxygen atoms in total. The smallest absolute Gasteiger partial charge is 0.0631 e. The third-order valence-corrected chi connectivity index (χ3v) is 5.32. The number of nitrogens with one attached hydrogen (secondary N) is 1. The maximum Gasteiger partial charge on any atom is 0.0631 e. The van der Waals surface area contributed by atoms with E-state index in [1.807, 2.05) is 6.07 Å². The lowest BCUT2D eigenvalue weighted by atomic mass is 9.78. The van der Waals surface area contributed by atoms with Crippen molar-refractivity contribution in [1.82, 2.24) is 0 Å². The second-order valence-corrected chi connectivity index (χ2v) is 6.82. The fourth-order valence-corrected chi connectivity index (χ4v) is 3.83. The summed E-state index contributed by atoms with van der Waals surface area (Å²) in [4.78, 5) is 0. The second-order valence-electron chi connectivity index (χ2n) is 5.11. The molecule has 1 saturated carbocycles. The Morgan fingerprint density at radius 2 is 1.76 bits per heavy atom. The first-order valence-electron chi connectivity index (χ1n) is 6.30. The molecule has 3 atom stereocenters. The summed E-state index contributed by atoms with van der Waals surface area (Å²) in [6, 6.07) is 6.81. The van der Waals surface area contributed by atoms with E-state index in [1.165, 1.54) is 24.9 Å². The van der Waals surface area contributed by atoms with Crippen LogP contribution < -0.4 is 5.32 Å². The van der Waals surface area contributed by atoms with Crippen molar-refractivity contribution in [3.05, 3.63) is 27.1 Å². The predicted molar refractivity (Wildman–Crippen MR) is 81.4 cm³/mol. The minimum Gasteiger partial charge on any atom is -0.380 e. The van der Waals surface area contributed by atoms with Crippen molar-refractivity contribution in [2.24, 2.45) is 11.8 Å². The highest BCUT2D eigenvalue weighted by molar-refractivity contribution is 9.11. The summed E-state index contributed by atoms with van der Waals surface area (Å²) in [5.74, 6) is 1.56. The zero-order chi connectivity index (χ0) is 12.4. The van der Waals surface area contributed by atoms with E-state index in [9.17, 15) is 0 Å². The van der Waals surface area contributed by atoms with Gasteiger partial charge in [0, 0.05) is 15.0 Å². The number of rotatable bonds is 2. The second kappa shape index (κ2) is 5.75. The number of halogens is 2. The maximum absolute atomic E-state index is 3.70. The highest BCUT2D eigenvalue weighted by Crippen LogP contribution is 2.36. The largest absolute Gasteiger partial charge is 0.380 e. The first-order chi connectivity index (χ1) is 8.09. The predicted octanol–water partition coefficient (Wildman–Crippen LogP) is 5.45. The molecule has 1 fully saturated rings. The standard InChI is InChI=1S/C14H19Br2N/c1-9-5-3-8-13(10(9)2)17-14-11(15)6-4-7-12(14)16/h4,6-7,9-10,13,17H,3,5,8H2,1-2H3. The van der Waals surface area contributed by atoms with Gasteiger partial charge in [0.15, 0.2) is 0 Å². The molecule has 0 amide bonds. The van der Waals surface area contributed by atoms with Gasteiger partial charge in [-0.3, -0.25) is 0 Å². The van der Waals surface area contributed by atoms with E-state index >= 15 is 0 Å². The maximum atomic E-state index is 3.70. The van der Waals surface area contributed by atoms with Gasteiger partial charge >= 0.3 is 0 Å². The summed E-state index contributed by atoms with van der Waals surface area (Å²) < 4.78 is 2.27. The van der Waals surface area contributed by atoms with Gasteiger partial charge in [0.05, 0.1) is 5.69 Å². The molecule has 1 aromatic carbocycles. The Bertz CT molecular complexity index is 372. The van der Waals surface area contributed by atoms with Crippen molar-refractivity contribution in [3.8, 4) is 0 Å². The van der Waals surface area contributed by atoms with Crippen molar-refractivity contribution >= 4 is 37.5 Å². The fraction of sp³-hybridized carbons (Fsp3) is 0.571. The van der Waals surface area contributed by atoms with E-state index in [0.29, 0.717) is 6.04 Å². The number of hydrogen-bond acceptors (Lipinski definition) is 1. The van der Waals surface area contributed by atoms with Gasteiger partial charge in [-0.1, -0.05) is 32.8 Å². The minimum atomic E-state index is 0.591. The summed E-state index contributed by atoms with van der Waals surface area (Å²) >= 11 is 7.23. The van der Waals surface area contributed by atoms with Crippen LogP contribution in [0, 0.1) is 11.8 Å². The summed E-state index contributed by atoms with van der Waals surface area (Å²) in [5.41, 5.74) is 1.19. The van der Waals surface area contributed by atoms with Gasteiger partial charge in [0.25, 0.3) is 0 Å². The molecule has 0 heterocycles. The quantitative estimate of drug-likeness (QED) is 0.739. The molecular formula is C14H19Br2N. The normalized spacial score (nSPS) is 29.1. The lowest BCUT2D eigenvalue weighted by Gasteiger charge is -2.35. The van der Waals surface area contributed by atoms with E-state index in [2.05, 4.69) is 63.2 Å². The first-order valence-corrected chi connectivity index (χ1v) is 7.88. The van der Waals surface area contributed by atoms with Crippen molar-refractivity contribution in [2.45, 2.75) is 39.2 Å². The molecule has 0 bridgehead atoms. The van der Waals surface area contributed by atoms with E-state index in [0.717, 1.165) is 20.8 Å². The van der Waals surface area contributed by atoms with Crippen LogP contribution in [0.1, 0.15) is 33.1 Å². The number of hydrogen-bond donors (Lipinski definition) is 1. The van der Waals surface area contributed by atoms with Gasteiger partial charge in [-0.2, -0.15) is 0 Å². The van der Waals surface area contributed by atoms with Crippen LogP contribution in [0.15, 0.2) is 27.1 Å². The number of para-hydroxylation sites is 1. The average Bonchev–Trinajstić information content (AvgIpc) is 2.29. The summed E-state index contributed by atoms with van der Waals surface area (Å²) in [6.07, 6.45) is 3.99. The summed E-state index contributed by atoms with van der Waals surface area (Å²) in [5, 5.41) is 3.70. The summed E-state index contributed by atoms with van der Waals surface area (Å²) in [6.45, 7) is 4.74. The monoisotopic (exact) mass is 359 g/mol. The van der Waals surface area contributed by atoms with Gasteiger partial charge in [0.1, 0.15) is 0 Å². The van der Waals surface area contributed by atoms with Crippen molar-refractivity contribution in [3.63, 3.8) is 0 Å². The van der Waals surface area contributed by atoms with Crippen LogP contribution >= 0.6 is 31.9 Å². The zero-order valence-corrected chi connectivity index (χ0v) is 13.5. The Kier molecular flexibility index (Phi) is 4.53. The van der Waals surface area contributed by atoms with Crippen molar-refractivity contribution in [2.75, 3.05) is 5.32 Å². The molecule has 94 valence electrons. The third kappa shape index (κ3) is 3.05. The SMILES string of the molecule is CC1CCCC(Nc2c(Br)cccc2Br)C1C. The fourth-order valence-electron chi connectivity index (χ4n) is 2.61. The van der Waals surface area contributed by atoms with Crippen LogP contribution in [0.4, 0.5) is 5.69 Å². The van der Waals surface area contributed by atoms with E-state index in [-0.39, 0.29) is 0 Å². The highest BCUT2D eigenvalue weighted by Gasteiger charge is 2.27. The molecule has 17 heavy (non-hydrogen) atoms. The van der Waals surface area contributed by atoms with Crippen LogP contribution in [0.5, 0.6) is 0 Å². The molecule has 1 aliphatic carbocycles. The lowest BCUT2D eigenvalue weighted by Crippen LogP contribution is -2.35.